The van der Waals surface area contributed by atoms with Crippen LogP contribution in [0.3, 0.4) is 0 Å². The Kier molecular flexibility index (Phi) is 6.72. The van der Waals surface area contributed by atoms with E-state index in [0.717, 1.165) is 16.8 Å². The van der Waals surface area contributed by atoms with Gasteiger partial charge in [0.15, 0.2) is 5.96 Å². The second kappa shape index (κ2) is 9.00. The van der Waals surface area contributed by atoms with E-state index >= 15 is 0 Å². The van der Waals surface area contributed by atoms with Crippen LogP contribution < -0.4 is 11.1 Å². The van der Waals surface area contributed by atoms with Crippen molar-refractivity contribution in [3.63, 3.8) is 0 Å². The van der Waals surface area contributed by atoms with Gasteiger partial charge in [0.25, 0.3) is 0 Å². The molecule has 0 amide bonds. The predicted molar refractivity (Wildman–Crippen MR) is 93.2 cm³/mol. The second-order valence-corrected chi connectivity index (χ2v) is 5.28. The fraction of sp³-hybridized carbons (Fsp3) is 0.278. The smallest absolute Gasteiger partial charge is 0.193 e. The van der Waals surface area contributed by atoms with E-state index in [1.807, 2.05) is 24.3 Å². The first-order valence-corrected chi connectivity index (χ1v) is 7.54. The fourth-order valence-electron chi connectivity index (χ4n) is 2.27. The average Bonchev–Trinajstić information content (AvgIpc) is 2.58. The number of hydrogen-bond donors (Lipinski definition) is 2. The lowest BCUT2D eigenvalue weighted by molar-refractivity contribution is 0.181. The highest BCUT2D eigenvalue weighted by Gasteiger charge is 2.05. The van der Waals surface area contributed by atoms with Crippen LogP contribution in [-0.2, 0) is 29.2 Å². The summed E-state index contributed by atoms with van der Waals surface area (Å²) in [6, 6.07) is 12.5. The lowest BCUT2D eigenvalue weighted by atomic mass is 10.1. The third-order valence-corrected chi connectivity index (χ3v) is 3.42. The van der Waals surface area contributed by atoms with Gasteiger partial charge in [-0.05, 0) is 23.8 Å². The topological polar surface area (TPSA) is 68.9 Å². The quantitative estimate of drug-likeness (QED) is 0.604. The second-order valence-electron chi connectivity index (χ2n) is 5.28. The number of anilines is 1. The lowest BCUT2D eigenvalue weighted by Gasteiger charge is -2.11. The van der Waals surface area contributed by atoms with Crippen molar-refractivity contribution in [1.82, 2.24) is 0 Å². The first-order chi connectivity index (χ1) is 11.6. The van der Waals surface area contributed by atoms with Crippen LogP contribution in [0.2, 0.25) is 0 Å². The molecule has 0 unspecified atom stereocenters. The average molecular weight is 331 g/mol. The minimum Gasteiger partial charge on any atom is -0.380 e. The van der Waals surface area contributed by atoms with Gasteiger partial charge in [0.05, 0.1) is 19.8 Å². The number of hydrogen-bond acceptors (Lipinski definition) is 3. The highest BCUT2D eigenvalue weighted by molar-refractivity contribution is 5.92. The molecular weight excluding hydrogens is 309 g/mol. The maximum absolute atomic E-state index is 13.6. The SMILES string of the molecule is COCc1cc(CN=C(N)Nc2ccccc2COC)ccc1F. The number of guanidine groups is 1. The molecule has 0 spiro atoms. The largest absolute Gasteiger partial charge is 0.380 e. The molecule has 0 fully saturated rings. The summed E-state index contributed by atoms with van der Waals surface area (Å²) >= 11 is 0. The van der Waals surface area contributed by atoms with E-state index in [1.165, 1.54) is 13.2 Å². The molecule has 0 heterocycles. The number of nitrogens with two attached hydrogens (primary N) is 1. The molecule has 0 saturated heterocycles. The van der Waals surface area contributed by atoms with Crippen molar-refractivity contribution in [2.75, 3.05) is 19.5 Å². The number of para-hydroxylation sites is 1. The van der Waals surface area contributed by atoms with E-state index in [0.29, 0.717) is 18.7 Å². The summed E-state index contributed by atoms with van der Waals surface area (Å²) in [5.74, 6) is 0.000314. The lowest BCUT2D eigenvalue weighted by Crippen LogP contribution is -2.23. The van der Waals surface area contributed by atoms with Gasteiger partial charge in [-0.2, -0.15) is 0 Å². The van der Waals surface area contributed by atoms with Crippen LogP contribution in [-0.4, -0.2) is 20.2 Å². The van der Waals surface area contributed by atoms with Crippen LogP contribution >= 0.6 is 0 Å². The Labute approximate surface area is 141 Å². The molecule has 0 aliphatic heterocycles. The van der Waals surface area contributed by atoms with E-state index in [1.54, 1.807) is 19.2 Å². The maximum atomic E-state index is 13.6. The molecule has 6 heteroatoms. The number of benzene rings is 2. The first-order valence-electron chi connectivity index (χ1n) is 7.54. The molecule has 0 aliphatic carbocycles. The van der Waals surface area contributed by atoms with Gasteiger partial charge in [-0.1, -0.05) is 24.3 Å². The Balaban J connectivity index is 2.05. The maximum Gasteiger partial charge on any atom is 0.193 e. The molecule has 2 aromatic carbocycles. The summed E-state index contributed by atoms with van der Waals surface area (Å²) < 4.78 is 23.7. The standard InChI is InChI=1S/C18H22FN3O2/c1-23-11-14-5-3-4-6-17(14)22-18(20)21-10-13-7-8-16(19)15(9-13)12-24-2/h3-9H,10-12H2,1-2H3,(H3,20,21,22). The zero-order chi connectivity index (χ0) is 17.4. The van der Waals surface area contributed by atoms with Crippen LogP contribution in [0.25, 0.3) is 0 Å². The van der Waals surface area contributed by atoms with E-state index in [9.17, 15) is 4.39 Å². The third-order valence-electron chi connectivity index (χ3n) is 3.42. The van der Waals surface area contributed by atoms with Gasteiger partial charge in [-0.3, -0.25) is 0 Å². The molecule has 5 nitrogen and oxygen atoms in total. The van der Waals surface area contributed by atoms with Gasteiger partial charge in [0.1, 0.15) is 5.82 Å². The van der Waals surface area contributed by atoms with Gasteiger partial charge < -0.3 is 20.5 Å². The Morgan fingerprint density at radius 3 is 2.54 bits per heavy atom. The Morgan fingerprint density at radius 2 is 1.79 bits per heavy atom. The number of halogens is 1. The normalized spacial score (nSPS) is 11.5. The zero-order valence-corrected chi connectivity index (χ0v) is 13.9. The van der Waals surface area contributed by atoms with Crippen molar-refractivity contribution in [3.8, 4) is 0 Å². The van der Waals surface area contributed by atoms with E-state index in [-0.39, 0.29) is 18.4 Å². The van der Waals surface area contributed by atoms with E-state index in [4.69, 9.17) is 15.2 Å². The van der Waals surface area contributed by atoms with Gasteiger partial charge in [0.2, 0.25) is 0 Å². The highest BCUT2D eigenvalue weighted by Crippen LogP contribution is 2.16. The Morgan fingerprint density at radius 1 is 1.08 bits per heavy atom. The molecule has 0 atom stereocenters. The molecule has 2 aromatic rings. The van der Waals surface area contributed by atoms with Crippen LogP contribution in [0.1, 0.15) is 16.7 Å². The zero-order valence-electron chi connectivity index (χ0n) is 13.9. The van der Waals surface area contributed by atoms with E-state index in [2.05, 4.69) is 10.3 Å². The summed E-state index contributed by atoms with van der Waals surface area (Å²) in [7, 11) is 3.17. The third kappa shape index (κ3) is 5.04. The number of aliphatic imine (C=N–C) groups is 1. The molecule has 24 heavy (non-hydrogen) atoms. The van der Waals surface area contributed by atoms with E-state index < -0.39 is 0 Å². The highest BCUT2D eigenvalue weighted by atomic mass is 19.1. The van der Waals surface area contributed by atoms with Crippen LogP contribution in [0.15, 0.2) is 47.5 Å². The predicted octanol–water partition coefficient (Wildman–Crippen LogP) is 3.05. The molecular formula is C18H22FN3O2. The van der Waals surface area contributed by atoms with Crippen molar-refractivity contribution < 1.29 is 13.9 Å². The number of nitrogens with one attached hydrogen (secondary N) is 1. The van der Waals surface area contributed by atoms with Crippen molar-refractivity contribution >= 4 is 11.6 Å². The first kappa shape index (κ1) is 17.9. The number of methoxy groups -OCH3 is 2. The number of rotatable bonds is 7. The molecule has 0 aromatic heterocycles. The molecule has 0 saturated carbocycles. The van der Waals surface area contributed by atoms with Gasteiger partial charge in [0, 0.05) is 31.0 Å². The minimum atomic E-state index is -0.288. The number of nitrogens with zero attached hydrogens (tertiary/aromatic N) is 1. The monoisotopic (exact) mass is 331 g/mol. The molecule has 128 valence electrons. The summed E-state index contributed by atoms with van der Waals surface area (Å²) in [5.41, 5.74) is 9.14. The van der Waals surface area contributed by atoms with Gasteiger partial charge in [-0.25, -0.2) is 9.38 Å². The fourth-order valence-corrected chi connectivity index (χ4v) is 2.27. The Bertz CT molecular complexity index is 704. The van der Waals surface area contributed by atoms with Crippen molar-refractivity contribution in [3.05, 3.63) is 65.0 Å². The Hall–Kier alpha value is -2.44. The summed E-state index contributed by atoms with van der Waals surface area (Å²) in [6.45, 7) is 1.05. The van der Waals surface area contributed by atoms with Gasteiger partial charge in [-0.15, -0.1) is 0 Å². The van der Waals surface area contributed by atoms with Crippen molar-refractivity contribution in [2.45, 2.75) is 19.8 Å². The van der Waals surface area contributed by atoms with Crippen molar-refractivity contribution in [2.24, 2.45) is 10.7 Å². The molecule has 0 bridgehead atoms. The summed E-state index contributed by atoms with van der Waals surface area (Å²) in [5, 5.41) is 3.07. The molecule has 3 N–H and O–H groups in total. The molecule has 0 radical (unpaired) electrons. The van der Waals surface area contributed by atoms with Crippen LogP contribution in [0, 0.1) is 5.82 Å². The molecule has 2 rings (SSSR count). The number of ether oxygens (including phenoxy) is 2. The van der Waals surface area contributed by atoms with Crippen LogP contribution in [0.5, 0.6) is 0 Å². The van der Waals surface area contributed by atoms with Gasteiger partial charge >= 0.3 is 0 Å². The van der Waals surface area contributed by atoms with Crippen molar-refractivity contribution in [1.29, 1.82) is 0 Å². The van der Waals surface area contributed by atoms with Crippen LogP contribution in [0.4, 0.5) is 10.1 Å². The summed E-state index contributed by atoms with van der Waals surface area (Å²) in [6.07, 6.45) is 0. The summed E-state index contributed by atoms with van der Waals surface area (Å²) in [4.78, 5) is 4.30. The minimum absolute atomic E-state index is 0.224. The molecule has 0 aliphatic rings.